The summed E-state index contributed by atoms with van der Waals surface area (Å²) in [6, 6.07) is 6.86. The van der Waals surface area contributed by atoms with Gasteiger partial charge in [-0.05, 0) is 11.6 Å². The molecule has 1 atom stereocenters. The molecule has 18 heavy (non-hydrogen) atoms. The van der Waals surface area contributed by atoms with Crippen LogP contribution in [0.15, 0.2) is 29.2 Å². The van der Waals surface area contributed by atoms with Gasteiger partial charge < -0.3 is 10.6 Å². The van der Waals surface area contributed by atoms with Gasteiger partial charge in [0.05, 0.1) is 10.6 Å². The molecule has 0 spiro atoms. The van der Waals surface area contributed by atoms with E-state index < -0.39 is 9.84 Å². The van der Waals surface area contributed by atoms with Crippen molar-refractivity contribution in [1.82, 2.24) is 10.6 Å². The van der Waals surface area contributed by atoms with Crippen LogP contribution in [0.4, 0.5) is 0 Å². The molecule has 0 radical (unpaired) electrons. The average molecular weight is 268 g/mol. The Hall–Kier alpha value is -1.40. The van der Waals surface area contributed by atoms with Gasteiger partial charge in [0, 0.05) is 26.1 Å². The monoisotopic (exact) mass is 268 g/mol. The first-order valence-corrected chi connectivity index (χ1v) is 7.45. The SMILES string of the molecule is CC(=O)NCCNC1CS(=O)(=O)c2ccccc21. The number of carbonyl (C=O) groups excluding carboxylic acids is 1. The first-order chi connectivity index (χ1) is 8.50. The zero-order valence-corrected chi connectivity index (χ0v) is 11.0. The fourth-order valence-corrected chi connectivity index (χ4v) is 3.88. The Morgan fingerprint density at radius 1 is 1.33 bits per heavy atom. The number of hydrogen-bond donors (Lipinski definition) is 2. The Bertz CT molecular complexity index is 554. The maximum atomic E-state index is 11.9. The minimum atomic E-state index is -3.16. The standard InChI is InChI=1S/C12H16N2O3S/c1-9(15)13-6-7-14-11-8-18(16,17)12-5-3-2-4-10(11)12/h2-5,11,14H,6-8H2,1H3,(H,13,15). The Balaban J connectivity index is 2.02. The zero-order valence-electron chi connectivity index (χ0n) is 10.1. The van der Waals surface area contributed by atoms with Crippen molar-refractivity contribution in [2.75, 3.05) is 18.8 Å². The van der Waals surface area contributed by atoms with Crippen LogP contribution in [-0.4, -0.2) is 33.2 Å². The summed E-state index contributed by atoms with van der Waals surface area (Å²) < 4.78 is 23.8. The maximum Gasteiger partial charge on any atom is 0.216 e. The third-order valence-corrected chi connectivity index (χ3v) is 4.72. The predicted octanol–water partition coefficient (Wildman–Crippen LogP) is 0.241. The lowest BCUT2D eigenvalue weighted by Gasteiger charge is -2.12. The van der Waals surface area contributed by atoms with Gasteiger partial charge in [-0.3, -0.25) is 4.79 Å². The molecule has 98 valence electrons. The Morgan fingerprint density at radius 3 is 2.78 bits per heavy atom. The molecular formula is C12H16N2O3S. The number of rotatable bonds is 4. The van der Waals surface area contributed by atoms with Crippen molar-refractivity contribution >= 4 is 15.7 Å². The summed E-state index contributed by atoms with van der Waals surface area (Å²) in [5.74, 6) is 0.00289. The lowest BCUT2D eigenvalue weighted by molar-refractivity contribution is -0.118. The number of nitrogens with one attached hydrogen (secondary N) is 2. The molecule has 6 heteroatoms. The van der Waals surface area contributed by atoms with E-state index in [1.54, 1.807) is 12.1 Å². The van der Waals surface area contributed by atoms with Crippen molar-refractivity contribution in [2.24, 2.45) is 0 Å². The second-order valence-corrected chi connectivity index (χ2v) is 6.31. The molecule has 1 heterocycles. The van der Waals surface area contributed by atoms with E-state index in [1.807, 2.05) is 12.1 Å². The van der Waals surface area contributed by atoms with Crippen LogP contribution in [0.2, 0.25) is 0 Å². The van der Waals surface area contributed by atoms with Gasteiger partial charge >= 0.3 is 0 Å². The first kappa shape index (κ1) is 13.0. The minimum Gasteiger partial charge on any atom is -0.355 e. The van der Waals surface area contributed by atoms with Crippen molar-refractivity contribution in [3.63, 3.8) is 0 Å². The first-order valence-electron chi connectivity index (χ1n) is 5.80. The van der Waals surface area contributed by atoms with Gasteiger partial charge in [-0.25, -0.2) is 8.42 Å². The maximum absolute atomic E-state index is 11.9. The Labute approximate surface area is 107 Å². The van der Waals surface area contributed by atoms with Crippen LogP contribution >= 0.6 is 0 Å². The molecule has 1 aliphatic heterocycles. The average Bonchev–Trinajstić information content (AvgIpc) is 2.57. The third kappa shape index (κ3) is 2.70. The summed E-state index contributed by atoms with van der Waals surface area (Å²) in [7, 11) is -3.16. The lowest BCUT2D eigenvalue weighted by atomic mass is 10.1. The highest BCUT2D eigenvalue weighted by molar-refractivity contribution is 7.91. The van der Waals surface area contributed by atoms with Crippen LogP contribution in [0.1, 0.15) is 18.5 Å². The van der Waals surface area contributed by atoms with Crippen LogP contribution in [-0.2, 0) is 14.6 Å². The summed E-state index contributed by atoms with van der Waals surface area (Å²) >= 11 is 0. The van der Waals surface area contributed by atoms with Gasteiger partial charge in [0.2, 0.25) is 5.91 Å². The number of amides is 1. The molecule has 0 bridgehead atoms. The van der Waals surface area contributed by atoms with Gasteiger partial charge in [0.15, 0.2) is 9.84 Å². The van der Waals surface area contributed by atoms with E-state index in [0.29, 0.717) is 18.0 Å². The molecule has 5 nitrogen and oxygen atoms in total. The van der Waals surface area contributed by atoms with E-state index in [9.17, 15) is 13.2 Å². The number of benzene rings is 1. The van der Waals surface area contributed by atoms with Crippen LogP contribution in [0.5, 0.6) is 0 Å². The van der Waals surface area contributed by atoms with E-state index in [4.69, 9.17) is 0 Å². The largest absolute Gasteiger partial charge is 0.355 e. The van der Waals surface area contributed by atoms with E-state index in [-0.39, 0.29) is 17.7 Å². The van der Waals surface area contributed by atoms with Crippen LogP contribution < -0.4 is 10.6 Å². The number of hydrogen-bond acceptors (Lipinski definition) is 4. The third-order valence-electron chi connectivity index (χ3n) is 2.91. The minimum absolute atomic E-state index is 0.0868. The van der Waals surface area contributed by atoms with Gasteiger partial charge in [0.1, 0.15) is 0 Å². The Morgan fingerprint density at radius 2 is 2.06 bits per heavy atom. The van der Waals surface area contributed by atoms with Crippen LogP contribution in [0, 0.1) is 0 Å². The summed E-state index contributed by atoms with van der Waals surface area (Å²) in [4.78, 5) is 11.1. The molecule has 2 N–H and O–H groups in total. The molecule has 1 aromatic rings. The van der Waals surface area contributed by atoms with E-state index in [2.05, 4.69) is 10.6 Å². The van der Waals surface area contributed by atoms with Gasteiger partial charge in [0.25, 0.3) is 0 Å². The second-order valence-electron chi connectivity index (χ2n) is 4.31. The summed E-state index contributed by atoms with van der Waals surface area (Å²) in [6.45, 7) is 2.50. The topological polar surface area (TPSA) is 75.3 Å². The van der Waals surface area contributed by atoms with Gasteiger partial charge in [-0.1, -0.05) is 18.2 Å². The van der Waals surface area contributed by atoms with Crippen LogP contribution in [0.25, 0.3) is 0 Å². The number of sulfone groups is 1. The fourth-order valence-electron chi connectivity index (χ4n) is 2.10. The molecule has 2 rings (SSSR count). The molecule has 0 fully saturated rings. The zero-order chi connectivity index (χ0) is 13.2. The number of fused-ring (bicyclic) bond motifs is 1. The van der Waals surface area contributed by atoms with E-state index >= 15 is 0 Å². The fraction of sp³-hybridized carbons (Fsp3) is 0.417. The molecule has 0 saturated heterocycles. The molecule has 0 saturated carbocycles. The van der Waals surface area contributed by atoms with Gasteiger partial charge in [-0.2, -0.15) is 0 Å². The summed E-state index contributed by atoms with van der Waals surface area (Å²) in [6.07, 6.45) is 0. The highest BCUT2D eigenvalue weighted by atomic mass is 32.2. The van der Waals surface area contributed by atoms with Crippen molar-refractivity contribution in [1.29, 1.82) is 0 Å². The molecule has 1 aromatic carbocycles. The highest BCUT2D eigenvalue weighted by Crippen LogP contribution is 2.32. The van der Waals surface area contributed by atoms with E-state index in [0.717, 1.165) is 5.56 Å². The highest BCUT2D eigenvalue weighted by Gasteiger charge is 2.33. The quantitative estimate of drug-likeness (QED) is 0.767. The molecule has 0 aliphatic carbocycles. The molecule has 1 aliphatic rings. The van der Waals surface area contributed by atoms with Crippen LogP contribution in [0.3, 0.4) is 0 Å². The Kier molecular flexibility index (Phi) is 3.68. The van der Waals surface area contributed by atoms with Crippen molar-refractivity contribution in [3.8, 4) is 0 Å². The van der Waals surface area contributed by atoms with Crippen molar-refractivity contribution in [3.05, 3.63) is 29.8 Å². The smallest absolute Gasteiger partial charge is 0.216 e. The molecule has 1 unspecified atom stereocenters. The van der Waals surface area contributed by atoms with E-state index in [1.165, 1.54) is 6.92 Å². The predicted molar refractivity (Wildman–Crippen MR) is 67.9 cm³/mol. The molecule has 1 amide bonds. The normalized spacial score (nSPS) is 20.4. The summed E-state index contributed by atoms with van der Waals surface area (Å²) in [5.41, 5.74) is 0.820. The second kappa shape index (κ2) is 5.07. The van der Waals surface area contributed by atoms with Crippen molar-refractivity contribution in [2.45, 2.75) is 17.9 Å². The summed E-state index contributed by atoms with van der Waals surface area (Å²) in [5, 5.41) is 5.82. The van der Waals surface area contributed by atoms with Crippen molar-refractivity contribution < 1.29 is 13.2 Å². The van der Waals surface area contributed by atoms with Gasteiger partial charge in [-0.15, -0.1) is 0 Å². The lowest BCUT2D eigenvalue weighted by Crippen LogP contribution is -2.33. The number of carbonyl (C=O) groups is 1. The molecule has 0 aromatic heterocycles. The molecular weight excluding hydrogens is 252 g/mol.